The van der Waals surface area contributed by atoms with Gasteiger partial charge in [-0.05, 0) is 30.2 Å². The Morgan fingerprint density at radius 2 is 2.12 bits per heavy atom. The second kappa shape index (κ2) is 3.94. The van der Waals surface area contributed by atoms with Gasteiger partial charge in [-0.15, -0.1) is 0 Å². The molecule has 2 aromatic rings. The SMILES string of the molecule is CC(N)c1noc(-c2ccc3c(c2)COC3)n1. The second-order valence-electron chi connectivity index (χ2n) is 4.22. The largest absolute Gasteiger partial charge is 0.372 e. The lowest BCUT2D eigenvalue weighted by Gasteiger charge is -1.98. The number of fused-ring (bicyclic) bond motifs is 1. The summed E-state index contributed by atoms with van der Waals surface area (Å²) in [6.07, 6.45) is 0. The molecule has 0 aliphatic carbocycles. The Morgan fingerprint density at radius 1 is 1.29 bits per heavy atom. The fraction of sp³-hybridized carbons (Fsp3) is 0.333. The molecule has 1 aliphatic heterocycles. The van der Waals surface area contributed by atoms with Crippen LogP contribution in [-0.4, -0.2) is 10.1 Å². The van der Waals surface area contributed by atoms with Crippen molar-refractivity contribution in [3.8, 4) is 11.5 Å². The fourth-order valence-electron chi connectivity index (χ4n) is 1.84. The minimum atomic E-state index is -0.217. The molecule has 0 radical (unpaired) electrons. The second-order valence-corrected chi connectivity index (χ2v) is 4.22. The molecule has 0 saturated heterocycles. The van der Waals surface area contributed by atoms with Crippen LogP contribution in [-0.2, 0) is 18.0 Å². The van der Waals surface area contributed by atoms with E-state index in [9.17, 15) is 0 Å². The third-order valence-corrected chi connectivity index (χ3v) is 2.82. The first-order chi connectivity index (χ1) is 8.24. The first kappa shape index (κ1) is 10.4. The summed E-state index contributed by atoms with van der Waals surface area (Å²) in [7, 11) is 0. The van der Waals surface area contributed by atoms with E-state index in [4.69, 9.17) is 15.0 Å². The van der Waals surface area contributed by atoms with E-state index in [1.165, 1.54) is 11.1 Å². The smallest absolute Gasteiger partial charge is 0.257 e. The highest BCUT2D eigenvalue weighted by Gasteiger charge is 2.15. The Morgan fingerprint density at radius 3 is 2.88 bits per heavy atom. The lowest BCUT2D eigenvalue weighted by atomic mass is 10.1. The average molecular weight is 231 g/mol. The summed E-state index contributed by atoms with van der Waals surface area (Å²) in [6.45, 7) is 3.16. The molecule has 0 fully saturated rings. The third-order valence-electron chi connectivity index (χ3n) is 2.82. The summed E-state index contributed by atoms with van der Waals surface area (Å²) in [5, 5.41) is 3.84. The molecule has 0 spiro atoms. The zero-order chi connectivity index (χ0) is 11.8. The number of ether oxygens (including phenoxy) is 1. The van der Waals surface area contributed by atoms with Gasteiger partial charge in [0.15, 0.2) is 5.82 Å². The van der Waals surface area contributed by atoms with E-state index in [1.54, 1.807) is 0 Å². The van der Waals surface area contributed by atoms with E-state index in [-0.39, 0.29) is 6.04 Å². The van der Waals surface area contributed by atoms with E-state index in [0.29, 0.717) is 24.9 Å². The van der Waals surface area contributed by atoms with E-state index < -0.39 is 0 Å². The van der Waals surface area contributed by atoms with Gasteiger partial charge < -0.3 is 15.0 Å². The predicted octanol–water partition coefficient (Wildman–Crippen LogP) is 1.79. The topological polar surface area (TPSA) is 74.2 Å². The molecule has 5 heteroatoms. The zero-order valence-corrected chi connectivity index (χ0v) is 9.51. The summed E-state index contributed by atoms with van der Waals surface area (Å²) in [6, 6.07) is 5.81. The third kappa shape index (κ3) is 1.83. The van der Waals surface area contributed by atoms with Gasteiger partial charge in [-0.3, -0.25) is 0 Å². The van der Waals surface area contributed by atoms with Crippen molar-refractivity contribution >= 4 is 0 Å². The number of rotatable bonds is 2. The van der Waals surface area contributed by atoms with Gasteiger partial charge in [-0.2, -0.15) is 4.98 Å². The quantitative estimate of drug-likeness (QED) is 0.852. The van der Waals surface area contributed by atoms with Crippen molar-refractivity contribution in [2.75, 3.05) is 0 Å². The first-order valence-corrected chi connectivity index (χ1v) is 5.53. The summed E-state index contributed by atoms with van der Waals surface area (Å²) < 4.78 is 10.6. The molecule has 0 saturated carbocycles. The highest BCUT2D eigenvalue weighted by atomic mass is 16.5. The van der Waals surface area contributed by atoms with E-state index in [1.807, 2.05) is 25.1 Å². The summed E-state index contributed by atoms with van der Waals surface area (Å²) in [4.78, 5) is 4.26. The highest BCUT2D eigenvalue weighted by molar-refractivity contribution is 5.56. The lowest BCUT2D eigenvalue weighted by molar-refractivity contribution is 0.134. The van der Waals surface area contributed by atoms with Crippen LogP contribution in [0.25, 0.3) is 11.5 Å². The monoisotopic (exact) mass is 231 g/mol. The van der Waals surface area contributed by atoms with Gasteiger partial charge in [0.1, 0.15) is 0 Å². The number of hydrogen-bond acceptors (Lipinski definition) is 5. The van der Waals surface area contributed by atoms with Gasteiger partial charge in [0, 0.05) is 5.56 Å². The normalized spacial score (nSPS) is 15.9. The number of benzene rings is 1. The van der Waals surface area contributed by atoms with Gasteiger partial charge in [0.05, 0.1) is 19.3 Å². The van der Waals surface area contributed by atoms with Gasteiger partial charge in [0.2, 0.25) is 0 Å². The van der Waals surface area contributed by atoms with Crippen LogP contribution >= 0.6 is 0 Å². The van der Waals surface area contributed by atoms with Crippen molar-refractivity contribution < 1.29 is 9.26 Å². The molecule has 1 aromatic heterocycles. The van der Waals surface area contributed by atoms with Crippen molar-refractivity contribution in [2.45, 2.75) is 26.2 Å². The van der Waals surface area contributed by atoms with Crippen molar-refractivity contribution in [1.82, 2.24) is 10.1 Å². The summed E-state index contributed by atoms with van der Waals surface area (Å²) in [5.74, 6) is 1.03. The lowest BCUT2D eigenvalue weighted by Crippen LogP contribution is -2.06. The first-order valence-electron chi connectivity index (χ1n) is 5.53. The molecule has 88 valence electrons. The number of nitrogens with zero attached hydrogens (tertiary/aromatic N) is 2. The number of nitrogens with two attached hydrogens (primary N) is 1. The standard InChI is InChI=1S/C12H13N3O2/c1-7(13)11-14-12(17-15-11)8-2-3-9-5-16-6-10(9)4-8/h2-4,7H,5-6,13H2,1H3. The minimum Gasteiger partial charge on any atom is -0.372 e. The molecule has 1 atom stereocenters. The molecular weight excluding hydrogens is 218 g/mol. The van der Waals surface area contributed by atoms with Crippen molar-refractivity contribution in [1.29, 1.82) is 0 Å². The maximum Gasteiger partial charge on any atom is 0.257 e. The zero-order valence-electron chi connectivity index (χ0n) is 9.51. The van der Waals surface area contributed by atoms with Gasteiger partial charge in [-0.25, -0.2) is 0 Å². The molecule has 2 N–H and O–H groups in total. The van der Waals surface area contributed by atoms with Crippen molar-refractivity contribution in [2.24, 2.45) is 5.73 Å². The summed E-state index contributed by atoms with van der Waals surface area (Å²) >= 11 is 0. The fourth-order valence-corrected chi connectivity index (χ4v) is 1.84. The molecule has 2 heterocycles. The molecule has 1 unspecified atom stereocenters. The van der Waals surface area contributed by atoms with Crippen LogP contribution < -0.4 is 5.73 Å². The predicted molar refractivity (Wildman–Crippen MR) is 60.8 cm³/mol. The van der Waals surface area contributed by atoms with Gasteiger partial charge in [0.25, 0.3) is 5.89 Å². The molecule has 17 heavy (non-hydrogen) atoms. The Balaban J connectivity index is 1.97. The Kier molecular flexibility index (Phi) is 2.42. The molecular formula is C12H13N3O2. The average Bonchev–Trinajstić information content (AvgIpc) is 2.97. The molecule has 0 bridgehead atoms. The number of aromatic nitrogens is 2. The van der Waals surface area contributed by atoms with Crippen molar-refractivity contribution in [3.05, 3.63) is 35.2 Å². The van der Waals surface area contributed by atoms with E-state index in [2.05, 4.69) is 10.1 Å². The molecule has 5 nitrogen and oxygen atoms in total. The summed E-state index contributed by atoms with van der Waals surface area (Å²) in [5.41, 5.74) is 9.01. The van der Waals surface area contributed by atoms with Crippen LogP contribution in [0.3, 0.4) is 0 Å². The maximum atomic E-state index is 5.69. The van der Waals surface area contributed by atoms with Crippen LogP contribution in [0.1, 0.15) is 29.9 Å². The molecule has 0 amide bonds. The van der Waals surface area contributed by atoms with Crippen LogP contribution in [0.2, 0.25) is 0 Å². The minimum absolute atomic E-state index is 0.217. The molecule has 1 aliphatic rings. The molecule has 1 aromatic carbocycles. The van der Waals surface area contributed by atoms with Crippen LogP contribution in [0, 0.1) is 0 Å². The van der Waals surface area contributed by atoms with Crippen LogP contribution in [0.4, 0.5) is 0 Å². The molecule has 3 rings (SSSR count). The van der Waals surface area contributed by atoms with E-state index >= 15 is 0 Å². The van der Waals surface area contributed by atoms with Crippen molar-refractivity contribution in [3.63, 3.8) is 0 Å². The van der Waals surface area contributed by atoms with Gasteiger partial charge in [-0.1, -0.05) is 11.2 Å². The highest BCUT2D eigenvalue weighted by Crippen LogP contribution is 2.26. The Labute approximate surface area is 98.6 Å². The Hall–Kier alpha value is -1.72. The van der Waals surface area contributed by atoms with Crippen LogP contribution in [0.15, 0.2) is 22.7 Å². The number of hydrogen-bond donors (Lipinski definition) is 1. The van der Waals surface area contributed by atoms with Gasteiger partial charge >= 0.3 is 0 Å². The van der Waals surface area contributed by atoms with Crippen LogP contribution in [0.5, 0.6) is 0 Å². The Bertz CT molecular complexity index is 548. The maximum absolute atomic E-state index is 5.69. The van der Waals surface area contributed by atoms with E-state index in [0.717, 1.165) is 5.56 Å².